The zero-order valence-corrected chi connectivity index (χ0v) is 28.3. The highest BCUT2D eigenvalue weighted by atomic mass is 15.1. The van der Waals surface area contributed by atoms with E-state index in [9.17, 15) is 0 Å². The lowest BCUT2D eigenvalue weighted by atomic mass is 9.81. The summed E-state index contributed by atoms with van der Waals surface area (Å²) in [6, 6.07) is 68.6. The molecule has 0 amide bonds. The fourth-order valence-electron chi connectivity index (χ4n) is 7.80. The summed E-state index contributed by atoms with van der Waals surface area (Å²) in [7, 11) is 0. The van der Waals surface area contributed by atoms with Gasteiger partial charge in [-0.25, -0.2) is 0 Å². The Hall–Kier alpha value is -6.18. The molecule has 0 atom stereocenters. The summed E-state index contributed by atoms with van der Waals surface area (Å²) in [6.45, 7) is 4.75. The molecule has 8 aromatic rings. The average Bonchev–Trinajstić information content (AvgIpc) is 3.40. The number of hydrogen-bond acceptors (Lipinski definition) is 1. The van der Waals surface area contributed by atoms with E-state index in [4.69, 9.17) is 0 Å². The van der Waals surface area contributed by atoms with Crippen molar-refractivity contribution in [3.8, 4) is 44.5 Å². The Balaban J connectivity index is 1.13. The van der Waals surface area contributed by atoms with Crippen LogP contribution in [0.15, 0.2) is 188 Å². The predicted molar refractivity (Wildman–Crippen MR) is 213 cm³/mol. The molecule has 0 N–H and O–H groups in total. The summed E-state index contributed by atoms with van der Waals surface area (Å²) >= 11 is 0. The van der Waals surface area contributed by atoms with Gasteiger partial charge in [0.15, 0.2) is 0 Å². The van der Waals surface area contributed by atoms with Crippen molar-refractivity contribution in [1.29, 1.82) is 0 Å². The van der Waals surface area contributed by atoms with Crippen LogP contribution in [0.3, 0.4) is 0 Å². The van der Waals surface area contributed by atoms with Crippen LogP contribution in [0.5, 0.6) is 0 Å². The Morgan fingerprint density at radius 1 is 0.340 bits per heavy atom. The Morgan fingerprint density at radius 2 is 0.880 bits per heavy atom. The fourth-order valence-corrected chi connectivity index (χ4v) is 7.80. The molecule has 0 spiro atoms. The second-order valence-corrected chi connectivity index (χ2v) is 13.8. The molecule has 0 saturated carbocycles. The van der Waals surface area contributed by atoms with Crippen molar-refractivity contribution in [2.75, 3.05) is 4.90 Å². The van der Waals surface area contributed by atoms with Gasteiger partial charge in [0.1, 0.15) is 0 Å². The molecular weight excluding hydrogens is 603 g/mol. The maximum Gasteiger partial charge on any atom is 0.0540 e. The Bertz CT molecular complexity index is 2490. The summed E-state index contributed by atoms with van der Waals surface area (Å²) in [4.78, 5) is 2.42. The summed E-state index contributed by atoms with van der Waals surface area (Å²) in [5, 5.41) is 2.54. The second-order valence-electron chi connectivity index (χ2n) is 13.8. The van der Waals surface area contributed by atoms with Crippen molar-refractivity contribution in [3.63, 3.8) is 0 Å². The quantitative estimate of drug-likeness (QED) is 0.175. The van der Waals surface area contributed by atoms with Gasteiger partial charge in [-0.3, -0.25) is 0 Å². The number of anilines is 3. The first-order valence-electron chi connectivity index (χ1n) is 17.4. The summed E-state index contributed by atoms with van der Waals surface area (Å²) in [6.07, 6.45) is 0. The number of rotatable bonds is 6. The van der Waals surface area contributed by atoms with Crippen LogP contribution >= 0.6 is 0 Å². The molecule has 1 aliphatic carbocycles. The number of para-hydroxylation sites is 2. The molecular formula is C49H37N. The van der Waals surface area contributed by atoms with Crippen LogP contribution in [0.25, 0.3) is 55.3 Å². The van der Waals surface area contributed by atoms with Gasteiger partial charge in [-0.05, 0) is 103 Å². The normalized spacial score (nSPS) is 12.8. The van der Waals surface area contributed by atoms with E-state index in [1.165, 1.54) is 66.4 Å². The SMILES string of the molecule is CC1(C)c2cc(-c3ccc4ccccc4c3)ccc2-c2ccc(N(c3ccccc3)c3ccccc3-c3ccc(-c4ccccc4)cc3)cc21. The van der Waals surface area contributed by atoms with E-state index in [0.29, 0.717) is 0 Å². The van der Waals surface area contributed by atoms with Gasteiger partial charge in [-0.1, -0.05) is 159 Å². The third kappa shape index (κ3) is 5.11. The molecule has 1 nitrogen and oxygen atoms in total. The van der Waals surface area contributed by atoms with Crippen LogP contribution in [-0.4, -0.2) is 0 Å². The molecule has 0 bridgehead atoms. The Morgan fingerprint density at radius 3 is 1.66 bits per heavy atom. The van der Waals surface area contributed by atoms with Gasteiger partial charge in [0.05, 0.1) is 5.69 Å². The van der Waals surface area contributed by atoms with Gasteiger partial charge in [0.2, 0.25) is 0 Å². The standard InChI is InChI=1S/C49H37N/c1-49(2)46-32-40(39-26-23-35-15-9-10-16-38(35)31-39)27-29-44(46)45-30-28-42(33-47(45)49)50(41-17-7-4-8-18-41)48-20-12-11-19-43(48)37-24-21-36(22-25-37)34-13-5-3-6-14-34/h3-33H,1-2H3. The monoisotopic (exact) mass is 639 g/mol. The lowest BCUT2D eigenvalue weighted by Crippen LogP contribution is -2.17. The molecule has 1 heteroatoms. The molecule has 1 aliphatic rings. The molecule has 50 heavy (non-hydrogen) atoms. The van der Waals surface area contributed by atoms with Crippen LogP contribution in [0.2, 0.25) is 0 Å². The van der Waals surface area contributed by atoms with Gasteiger partial charge in [-0.15, -0.1) is 0 Å². The molecule has 9 rings (SSSR count). The molecule has 0 aliphatic heterocycles. The number of fused-ring (bicyclic) bond motifs is 4. The largest absolute Gasteiger partial charge is 0.310 e. The van der Waals surface area contributed by atoms with Crippen molar-refractivity contribution in [1.82, 2.24) is 0 Å². The lowest BCUT2D eigenvalue weighted by Gasteiger charge is -2.29. The zero-order valence-electron chi connectivity index (χ0n) is 28.3. The Kier molecular flexibility index (Phi) is 7.21. The minimum atomic E-state index is -0.164. The summed E-state index contributed by atoms with van der Waals surface area (Å²) in [5.74, 6) is 0. The van der Waals surface area contributed by atoms with Gasteiger partial charge in [0, 0.05) is 22.4 Å². The molecule has 8 aromatic carbocycles. The zero-order chi connectivity index (χ0) is 33.7. The van der Waals surface area contributed by atoms with E-state index in [0.717, 1.165) is 17.1 Å². The average molecular weight is 640 g/mol. The molecule has 238 valence electrons. The topological polar surface area (TPSA) is 3.24 Å². The smallest absolute Gasteiger partial charge is 0.0540 e. The highest BCUT2D eigenvalue weighted by Crippen LogP contribution is 2.52. The third-order valence-corrected chi connectivity index (χ3v) is 10.5. The highest BCUT2D eigenvalue weighted by Gasteiger charge is 2.36. The van der Waals surface area contributed by atoms with E-state index in [1.807, 2.05) is 0 Å². The van der Waals surface area contributed by atoms with E-state index >= 15 is 0 Å². The van der Waals surface area contributed by atoms with Crippen molar-refractivity contribution >= 4 is 27.8 Å². The first kappa shape index (κ1) is 29.9. The molecule has 0 heterocycles. The van der Waals surface area contributed by atoms with Crippen LogP contribution < -0.4 is 4.90 Å². The third-order valence-electron chi connectivity index (χ3n) is 10.5. The van der Waals surface area contributed by atoms with E-state index in [-0.39, 0.29) is 5.41 Å². The van der Waals surface area contributed by atoms with Crippen LogP contribution in [0.4, 0.5) is 17.1 Å². The molecule has 0 fully saturated rings. The second kappa shape index (κ2) is 12.1. The Labute approximate surface area is 294 Å². The fraction of sp³-hybridized carbons (Fsp3) is 0.0612. The van der Waals surface area contributed by atoms with Crippen LogP contribution in [0, 0.1) is 0 Å². The predicted octanol–water partition coefficient (Wildman–Crippen LogP) is 13.6. The molecule has 0 saturated heterocycles. The van der Waals surface area contributed by atoms with Gasteiger partial charge >= 0.3 is 0 Å². The number of nitrogens with zero attached hydrogens (tertiary/aromatic N) is 1. The first-order valence-corrected chi connectivity index (χ1v) is 17.4. The molecule has 0 unspecified atom stereocenters. The maximum atomic E-state index is 2.42. The van der Waals surface area contributed by atoms with E-state index < -0.39 is 0 Å². The minimum absolute atomic E-state index is 0.164. The van der Waals surface area contributed by atoms with Gasteiger partial charge in [-0.2, -0.15) is 0 Å². The minimum Gasteiger partial charge on any atom is -0.310 e. The van der Waals surface area contributed by atoms with Crippen LogP contribution in [-0.2, 0) is 5.41 Å². The number of hydrogen-bond donors (Lipinski definition) is 0. The molecule has 0 radical (unpaired) electrons. The maximum absolute atomic E-state index is 2.42. The van der Waals surface area contributed by atoms with Gasteiger partial charge in [0.25, 0.3) is 0 Å². The first-order chi connectivity index (χ1) is 24.5. The molecule has 0 aromatic heterocycles. The van der Waals surface area contributed by atoms with Crippen molar-refractivity contribution < 1.29 is 0 Å². The van der Waals surface area contributed by atoms with Crippen LogP contribution in [0.1, 0.15) is 25.0 Å². The number of benzene rings is 8. The summed E-state index contributed by atoms with van der Waals surface area (Å²) < 4.78 is 0. The van der Waals surface area contributed by atoms with E-state index in [2.05, 4.69) is 207 Å². The van der Waals surface area contributed by atoms with E-state index in [1.54, 1.807) is 0 Å². The van der Waals surface area contributed by atoms with Crippen molar-refractivity contribution in [2.24, 2.45) is 0 Å². The summed E-state index contributed by atoms with van der Waals surface area (Å²) in [5.41, 5.74) is 16.0. The van der Waals surface area contributed by atoms with Crippen molar-refractivity contribution in [2.45, 2.75) is 19.3 Å². The highest BCUT2D eigenvalue weighted by molar-refractivity contribution is 5.92. The van der Waals surface area contributed by atoms with Gasteiger partial charge < -0.3 is 4.90 Å². The lowest BCUT2D eigenvalue weighted by molar-refractivity contribution is 0.660. The van der Waals surface area contributed by atoms with Crippen molar-refractivity contribution in [3.05, 3.63) is 199 Å².